The Morgan fingerprint density at radius 3 is 2.94 bits per heavy atom. The molecule has 1 unspecified atom stereocenters. The Morgan fingerprint density at radius 1 is 1.47 bits per heavy atom. The summed E-state index contributed by atoms with van der Waals surface area (Å²) in [4.78, 5) is 1.98. The van der Waals surface area contributed by atoms with Crippen molar-refractivity contribution < 1.29 is 14.0 Å². The fourth-order valence-electron chi connectivity index (χ4n) is 1.71. The number of nitrogens with zero attached hydrogens (tertiary/aromatic N) is 2. The van der Waals surface area contributed by atoms with Crippen LogP contribution in [0.5, 0.6) is 0 Å². The van der Waals surface area contributed by atoms with Gasteiger partial charge in [-0.25, -0.2) is 0 Å². The van der Waals surface area contributed by atoms with Crippen molar-refractivity contribution >= 4 is 0 Å². The number of aliphatic hydroxyl groups excluding tert-OH is 1. The second kappa shape index (κ2) is 5.16. The first-order valence-corrected chi connectivity index (χ1v) is 5.51. The van der Waals surface area contributed by atoms with Crippen LogP contribution in [0.2, 0.25) is 0 Å². The van der Waals surface area contributed by atoms with Gasteiger partial charge in [-0.3, -0.25) is 4.90 Å². The van der Waals surface area contributed by atoms with Crippen molar-refractivity contribution in [1.82, 2.24) is 10.1 Å². The highest BCUT2D eigenvalue weighted by Crippen LogP contribution is 2.20. The summed E-state index contributed by atoms with van der Waals surface area (Å²) in [6.07, 6.45) is 1.24. The molecule has 0 aliphatic rings. The highest BCUT2D eigenvalue weighted by molar-refractivity contribution is 5.49. The minimum absolute atomic E-state index is 0.351. The van der Waals surface area contributed by atoms with Gasteiger partial charge in [-0.2, -0.15) is 0 Å². The van der Waals surface area contributed by atoms with E-state index in [1.165, 1.54) is 0 Å². The van der Waals surface area contributed by atoms with E-state index in [-0.39, 0.29) is 6.10 Å². The number of hydrogen-bond donors (Lipinski definition) is 1. The number of furan rings is 1. The van der Waals surface area contributed by atoms with Crippen LogP contribution in [-0.4, -0.2) is 34.9 Å². The molecule has 92 valence electrons. The van der Waals surface area contributed by atoms with Gasteiger partial charge in [-0.05, 0) is 26.1 Å². The molecule has 2 rings (SSSR count). The summed E-state index contributed by atoms with van der Waals surface area (Å²) in [5.74, 6) is 1.29. The molecule has 17 heavy (non-hydrogen) atoms. The number of hydrogen-bond acceptors (Lipinski definition) is 5. The first kappa shape index (κ1) is 11.9. The van der Waals surface area contributed by atoms with Gasteiger partial charge in [-0.1, -0.05) is 5.16 Å². The molecule has 1 atom stereocenters. The second-order valence-electron chi connectivity index (χ2n) is 4.21. The summed E-state index contributed by atoms with van der Waals surface area (Å²) in [6, 6.07) is 5.47. The quantitative estimate of drug-likeness (QED) is 0.856. The third kappa shape index (κ3) is 3.18. The minimum Gasteiger partial charge on any atom is -0.461 e. The van der Waals surface area contributed by atoms with Gasteiger partial charge in [0.15, 0.2) is 5.76 Å². The van der Waals surface area contributed by atoms with E-state index in [0.717, 1.165) is 5.69 Å². The van der Waals surface area contributed by atoms with Gasteiger partial charge in [0.25, 0.3) is 0 Å². The fraction of sp³-hybridized carbons (Fsp3) is 0.417. The Morgan fingerprint density at radius 2 is 2.29 bits per heavy atom. The molecule has 0 saturated heterocycles. The van der Waals surface area contributed by atoms with Gasteiger partial charge in [0.1, 0.15) is 0 Å². The Kier molecular flexibility index (Phi) is 3.61. The standard InChI is InChI=1S/C12H16N2O3/c1-9(15)7-14(2)8-10-6-12(17-13-10)11-4-3-5-16-11/h3-6,9,15H,7-8H2,1-2H3. The molecular formula is C12H16N2O3. The average molecular weight is 236 g/mol. The smallest absolute Gasteiger partial charge is 0.202 e. The van der Waals surface area contributed by atoms with E-state index in [2.05, 4.69) is 5.16 Å². The van der Waals surface area contributed by atoms with Crippen LogP contribution in [-0.2, 0) is 6.54 Å². The highest BCUT2D eigenvalue weighted by atomic mass is 16.5. The Hall–Kier alpha value is -1.59. The van der Waals surface area contributed by atoms with Crippen LogP contribution >= 0.6 is 0 Å². The van der Waals surface area contributed by atoms with Crippen LogP contribution in [0.3, 0.4) is 0 Å². The lowest BCUT2D eigenvalue weighted by molar-refractivity contribution is 0.137. The summed E-state index contributed by atoms with van der Waals surface area (Å²) >= 11 is 0. The van der Waals surface area contributed by atoms with Crippen molar-refractivity contribution in [2.24, 2.45) is 0 Å². The van der Waals surface area contributed by atoms with Crippen molar-refractivity contribution in [3.05, 3.63) is 30.2 Å². The van der Waals surface area contributed by atoms with Crippen LogP contribution in [0, 0.1) is 0 Å². The lowest BCUT2D eigenvalue weighted by atomic mass is 10.3. The van der Waals surface area contributed by atoms with E-state index in [4.69, 9.17) is 8.94 Å². The minimum atomic E-state index is -0.351. The first-order valence-electron chi connectivity index (χ1n) is 5.51. The Balaban J connectivity index is 1.99. The first-order chi connectivity index (χ1) is 8.15. The Labute approximate surface area is 99.6 Å². The number of aliphatic hydroxyl groups is 1. The molecule has 0 radical (unpaired) electrons. The average Bonchev–Trinajstić information content (AvgIpc) is 2.84. The third-order valence-electron chi connectivity index (χ3n) is 2.33. The molecule has 2 aromatic heterocycles. The number of aromatic nitrogens is 1. The van der Waals surface area contributed by atoms with Crippen molar-refractivity contribution in [1.29, 1.82) is 0 Å². The van der Waals surface area contributed by atoms with Crippen LogP contribution in [0.1, 0.15) is 12.6 Å². The zero-order chi connectivity index (χ0) is 12.3. The number of rotatable bonds is 5. The molecule has 5 heteroatoms. The molecule has 0 amide bonds. The van der Waals surface area contributed by atoms with Gasteiger partial charge in [-0.15, -0.1) is 0 Å². The van der Waals surface area contributed by atoms with Gasteiger partial charge in [0.05, 0.1) is 18.1 Å². The SMILES string of the molecule is CC(O)CN(C)Cc1cc(-c2ccco2)on1. The molecule has 5 nitrogen and oxygen atoms in total. The van der Waals surface area contributed by atoms with E-state index in [1.807, 2.05) is 24.1 Å². The fourth-order valence-corrected chi connectivity index (χ4v) is 1.71. The largest absolute Gasteiger partial charge is 0.461 e. The predicted octanol–water partition coefficient (Wildman–Crippen LogP) is 1.75. The maximum absolute atomic E-state index is 9.26. The lowest BCUT2D eigenvalue weighted by Crippen LogP contribution is -2.26. The van der Waals surface area contributed by atoms with E-state index >= 15 is 0 Å². The topological polar surface area (TPSA) is 62.6 Å². The van der Waals surface area contributed by atoms with Gasteiger partial charge in [0, 0.05) is 19.2 Å². The van der Waals surface area contributed by atoms with Gasteiger partial charge < -0.3 is 14.0 Å². The number of likely N-dealkylation sites (N-methyl/N-ethyl adjacent to an activating group) is 1. The molecule has 0 saturated carbocycles. The molecule has 0 bridgehead atoms. The Bertz CT molecular complexity index is 448. The van der Waals surface area contributed by atoms with E-state index in [0.29, 0.717) is 24.6 Å². The zero-order valence-corrected chi connectivity index (χ0v) is 9.96. The molecule has 2 aromatic rings. The summed E-state index contributed by atoms with van der Waals surface area (Å²) < 4.78 is 10.4. The van der Waals surface area contributed by atoms with Crippen LogP contribution in [0.4, 0.5) is 0 Å². The van der Waals surface area contributed by atoms with Gasteiger partial charge in [0.2, 0.25) is 5.76 Å². The molecule has 0 fully saturated rings. The highest BCUT2D eigenvalue weighted by Gasteiger charge is 2.11. The molecule has 0 aliphatic heterocycles. The van der Waals surface area contributed by atoms with Crippen molar-refractivity contribution in [2.75, 3.05) is 13.6 Å². The monoisotopic (exact) mass is 236 g/mol. The second-order valence-corrected chi connectivity index (χ2v) is 4.21. The van der Waals surface area contributed by atoms with E-state index in [9.17, 15) is 5.11 Å². The zero-order valence-electron chi connectivity index (χ0n) is 9.96. The summed E-state index contributed by atoms with van der Waals surface area (Å²) in [6.45, 7) is 2.99. The predicted molar refractivity (Wildman–Crippen MR) is 62.2 cm³/mol. The normalized spacial score (nSPS) is 13.2. The molecule has 2 heterocycles. The summed E-state index contributed by atoms with van der Waals surface area (Å²) in [5, 5.41) is 13.2. The lowest BCUT2D eigenvalue weighted by Gasteiger charge is -2.16. The maximum atomic E-state index is 9.26. The van der Waals surface area contributed by atoms with E-state index in [1.54, 1.807) is 19.3 Å². The van der Waals surface area contributed by atoms with E-state index < -0.39 is 0 Å². The van der Waals surface area contributed by atoms with Crippen molar-refractivity contribution in [2.45, 2.75) is 19.6 Å². The van der Waals surface area contributed by atoms with Crippen LogP contribution in [0.15, 0.2) is 33.4 Å². The van der Waals surface area contributed by atoms with Crippen molar-refractivity contribution in [3.8, 4) is 11.5 Å². The summed E-state index contributed by atoms with van der Waals surface area (Å²) in [7, 11) is 1.92. The molecule has 0 spiro atoms. The van der Waals surface area contributed by atoms with Crippen LogP contribution in [0.25, 0.3) is 11.5 Å². The van der Waals surface area contributed by atoms with Crippen molar-refractivity contribution in [3.63, 3.8) is 0 Å². The molecule has 1 N–H and O–H groups in total. The van der Waals surface area contributed by atoms with Crippen LogP contribution < -0.4 is 0 Å². The molecular weight excluding hydrogens is 220 g/mol. The maximum Gasteiger partial charge on any atom is 0.202 e. The molecule has 0 aromatic carbocycles. The van der Waals surface area contributed by atoms with Gasteiger partial charge >= 0.3 is 0 Å². The summed E-state index contributed by atoms with van der Waals surface area (Å²) in [5.41, 5.74) is 0.819. The molecule has 0 aliphatic carbocycles. The third-order valence-corrected chi connectivity index (χ3v) is 2.33.